The van der Waals surface area contributed by atoms with Crippen molar-refractivity contribution in [2.75, 3.05) is 25.6 Å². The average molecular weight is 345 g/mol. The molecule has 0 bridgehead atoms. The first-order valence-electron chi connectivity index (χ1n) is 8.11. The van der Waals surface area contributed by atoms with E-state index in [4.69, 9.17) is 13.9 Å². The molecule has 1 aromatic carbocycles. The van der Waals surface area contributed by atoms with Gasteiger partial charge in [-0.1, -0.05) is 6.07 Å². The standard InChI is InChI=1S/C18H19NO4S/c20-18(11-13-3-4-14-16(10-13)23-12-22-14)19-6-5-17(24-9-7-19)15-2-1-8-21-15/h1-4,8,10,17H,5-7,9,11-12H2/t17-/m0/s1. The van der Waals surface area contributed by atoms with Crippen molar-refractivity contribution in [3.63, 3.8) is 0 Å². The number of hydrogen-bond donors (Lipinski definition) is 0. The number of ether oxygens (including phenoxy) is 2. The summed E-state index contributed by atoms with van der Waals surface area (Å²) < 4.78 is 16.2. The van der Waals surface area contributed by atoms with Gasteiger partial charge in [-0.15, -0.1) is 11.8 Å². The summed E-state index contributed by atoms with van der Waals surface area (Å²) >= 11 is 1.86. The van der Waals surface area contributed by atoms with Gasteiger partial charge in [-0.05, 0) is 36.2 Å². The molecule has 0 saturated carbocycles. The summed E-state index contributed by atoms with van der Waals surface area (Å²) in [4.78, 5) is 14.6. The molecule has 0 aliphatic carbocycles. The first-order chi connectivity index (χ1) is 11.8. The maximum Gasteiger partial charge on any atom is 0.231 e. The van der Waals surface area contributed by atoms with Crippen LogP contribution in [0.4, 0.5) is 0 Å². The monoisotopic (exact) mass is 345 g/mol. The summed E-state index contributed by atoms with van der Waals surface area (Å²) in [6, 6.07) is 9.64. The molecule has 5 nitrogen and oxygen atoms in total. The van der Waals surface area contributed by atoms with Crippen molar-refractivity contribution in [1.29, 1.82) is 0 Å². The normalized spacial score (nSPS) is 20.0. The van der Waals surface area contributed by atoms with Gasteiger partial charge in [0.05, 0.1) is 17.9 Å². The molecular formula is C18H19NO4S. The predicted molar refractivity (Wildman–Crippen MR) is 91.4 cm³/mol. The second-order valence-corrected chi connectivity index (χ2v) is 7.22. The van der Waals surface area contributed by atoms with Crippen molar-refractivity contribution in [3.05, 3.63) is 47.9 Å². The van der Waals surface area contributed by atoms with E-state index in [1.807, 2.05) is 47.0 Å². The number of carbonyl (C=O) groups excluding carboxylic acids is 1. The Balaban J connectivity index is 1.38. The molecule has 0 N–H and O–H groups in total. The zero-order valence-electron chi connectivity index (χ0n) is 13.3. The molecule has 1 aromatic heterocycles. The van der Waals surface area contributed by atoms with Gasteiger partial charge < -0.3 is 18.8 Å². The van der Waals surface area contributed by atoms with Gasteiger partial charge in [0.25, 0.3) is 0 Å². The number of rotatable bonds is 3. The maximum absolute atomic E-state index is 12.6. The summed E-state index contributed by atoms with van der Waals surface area (Å²) in [6.45, 7) is 1.80. The molecule has 4 rings (SSSR count). The number of hydrogen-bond acceptors (Lipinski definition) is 5. The SMILES string of the molecule is O=C(Cc1ccc2c(c1)OCO2)N1CCS[C@H](c2ccco2)CC1. The second kappa shape index (κ2) is 6.81. The number of fused-ring (bicyclic) bond motifs is 1. The third kappa shape index (κ3) is 3.24. The van der Waals surface area contributed by atoms with E-state index in [2.05, 4.69) is 0 Å². The summed E-state index contributed by atoms with van der Waals surface area (Å²) in [7, 11) is 0. The minimum absolute atomic E-state index is 0.162. The number of benzene rings is 1. The summed E-state index contributed by atoms with van der Waals surface area (Å²) in [5, 5.41) is 0.336. The third-order valence-electron chi connectivity index (χ3n) is 4.35. The summed E-state index contributed by atoms with van der Waals surface area (Å²) in [6.07, 6.45) is 3.03. The van der Waals surface area contributed by atoms with Gasteiger partial charge in [-0.2, -0.15) is 0 Å². The molecule has 3 heterocycles. The van der Waals surface area contributed by atoms with Gasteiger partial charge in [0.1, 0.15) is 5.76 Å². The molecule has 1 saturated heterocycles. The fraction of sp³-hybridized carbons (Fsp3) is 0.389. The Bertz CT molecular complexity index is 716. The number of amides is 1. The fourth-order valence-electron chi connectivity index (χ4n) is 3.06. The van der Waals surface area contributed by atoms with Gasteiger partial charge >= 0.3 is 0 Å². The molecule has 1 fully saturated rings. The van der Waals surface area contributed by atoms with Gasteiger partial charge in [0.2, 0.25) is 12.7 Å². The lowest BCUT2D eigenvalue weighted by atomic mass is 10.1. The Morgan fingerprint density at radius 3 is 3.00 bits per heavy atom. The molecule has 2 aliphatic rings. The number of nitrogens with zero attached hydrogens (tertiary/aromatic N) is 1. The Labute approximate surface area is 144 Å². The molecule has 2 aromatic rings. The van der Waals surface area contributed by atoms with E-state index in [0.29, 0.717) is 11.7 Å². The van der Waals surface area contributed by atoms with Crippen LogP contribution in [0.1, 0.15) is 23.0 Å². The van der Waals surface area contributed by atoms with E-state index in [-0.39, 0.29) is 12.7 Å². The van der Waals surface area contributed by atoms with E-state index >= 15 is 0 Å². The molecule has 126 valence electrons. The van der Waals surface area contributed by atoms with Crippen LogP contribution in [0.25, 0.3) is 0 Å². The van der Waals surface area contributed by atoms with E-state index in [1.54, 1.807) is 6.26 Å². The van der Waals surface area contributed by atoms with Gasteiger partial charge in [-0.25, -0.2) is 0 Å². The highest BCUT2D eigenvalue weighted by Crippen LogP contribution is 2.35. The van der Waals surface area contributed by atoms with E-state index < -0.39 is 0 Å². The molecule has 0 unspecified atom stereocenters. The lowest BCUT2D eigenvalue weighted by Crippen LogP contribution is -2.34. The minimum atomic E-state index is 0.162. The Morgan fingerprint density at radius 1 is 1.21 bits per heavy atom. The molecule has 1 amide bonds. The average Bonchev–Trinajstić information content (AvgIpc) is 3.22. The quantitative estimate of drug-likeness (QED) is 0.855. The van der Waals surface area contributed by atoms with Crippen molar-refractivity contribution in [2.45, 2.75) is 18.1 Å². The molecule has 24 heavy (non-hydrogen) atoms. The highest BCUT2D eigenvalue weighted by Gasteiger charge is 2.24. The first kappa shape index (κ1) is 15.4. The molecule has 1 atom stereocenters. The Kier molecular flexibility index (Phi) is 4.38. The number of thioether (sulfide) groups is 1. The summed E-state index contributed by atoms with van der Waals surface area (Å²) in [5.41, 5.74) is 0.962. The highest BCUT2D eigenvalue weighted by atomic mass is 32.2. The smallest absolute Gasteiger partial charge is 0.231 e. The number of carbonyl (C=O) groups is 1. The summed E-state index contributed by atoms with van der Waals surface area (Å²) in [5.74, 6) is 3.57. The molecule has 0 radical (unpaired) electrons. The van der Waals surface area contributed by atoms with E-state index in [1.165, 1.54) is 0 Å². The van der Waals surface area contributed by atoms with Gasteiger partial charge in [0, 0.05) is 18.8 Å². The second-order valence-electron chi connectivity index (χ2n) is 5.91. The van der Waals surface area contributed by atoms with Crippen molar-refractivity contribution in [3.8, 4) is 11.5 Å². The predicted octanol–water partition coefficient (Wildman–Crippen LogP) is 3.26. The van der Waals surface area contributed by atoms with Crippen LogP contribution >= 0.6 is 11.8 Å². The van der Waals surface area contributed by atoms with Gasteiger partial charge in [0.15, 0.2) is 11.5 Å². The molecule has 6 heteroatoms. The lowest BCUT2D eigenvalue weighted by molar-refractivity contribution is -0.130. The van der Waals surface area contributed by atoms with Crippen molar-refractivity contribution < 1.29 is 18.7 Å². The van der Waals surface area contributed by atoms with Crippen LogP contribution in [-0.4, -0.2) is 36.4 Å². The Hall–Kier alpha value is -2.08. The van der Waals surface area contributed by atoms with Crippen molar-refractivity contribution in [1.82, 2.24) is 4.90 Å². The van der Waals surface area contributed by atoms with Crippen molar-refractivity contribution in [2.24, 2.45) is 0 Å². The van der Waals surface area contributed by atoms with Crippen LogP contribution < -0.4 is 9.47 Å². The fourth-order valence-corrected chi connectivity index (χ4v) is 4.24. The first-order valence-corrected chi connectivity index (χ1v) is 9.16. The van der Waals surface area contributed by atoms with Gasteiger partial charge in [-0.3, -0.25) is 4.79 Å². The largest absolute Gasteiger partial charge is 0.468 e. The topological polar surface area (TPSA) is 51.9 Å². The van der Waals surface area contributed by atoms with Crippen LogP contribution in [-0.2, 0) is 11.2 Å². The van der Waals surface area contributed by atoms with Crippen LogP contribution in [0.15, 0.2) is 41.0 Å². The van der Waals surface area contributed by atoms with Crippen molar-refractivity contribution >= 4 is 17.7 Å². The lowest BCUT2D eigenvalue weighted by Gasteiger charge is -2.20. The van der Waals surface area contributed by atoms with Crippen LogP contribution in [0.5, 0.6) is 11.5 Å². The Morgan fingerprint density at radius 2 is 2.12 bits per heavy atom. The van der Waals surface area contributed by atoms with Crippen LogP contribution in [0.3, 0.4) is 0 Å². The number of furan rings is 1. The van der Waals surface area contributed by atoms with Crippen LogP contribution in [0, 0.1) is 0 Å². The zero-order chi connectivity index (χ0) is 16.4. The van der Waals surface area contributed by atoms with Crippen LogP contribution in [0.2, 0.25) is 0 Å². The highest BCUT2D eigenvalue weighted by molar-refractivity contribution is 7.99. The van der Waals surface area contributed by atoms with E-state index in [9.17, 15) is 4.79 Å². The molecular weight excluding hydrogens is 326 g/mol. The molecule has 2 aliphatic heterocycles. The zero-order valence-corrected chi connectivity index (χ0v) is 14.1. The third-order valence-corrected chi connectivity index (χ3v) is 5.64. The van der Waals surface area contributed by atoms with E-state index in [0.717, 1.165) is 48.1 Å². The molecule has 0 spiro atoms. The maximum atomic E-state index is 12.6. The minimum Gasteiger partial charge on any atom is -0.468 e.